The lowest BCUT2D eigenvalue weighted by molar-refractivity contribution is -0.109. The Morgan fingerprint density at radius 1 is 1.00 bits per heavy atom. The summed E-state index contributed by atoms with van der Waals surface area (Å²) in [5.74, 6) is 0.124. The summed E-state index contributed by atoms with van der Waals surface area (Å²) in [5.41, 5.74) is 1.77. The van der Waals surface area contributed by atoms with Gasteiger partial charge < -0.3 is 9.53 Å². The van der Waals surface area contributed by atoms with Gasteiger partial charge in [0.2, 0.25) is 0 Å². The fourth-order valence-corrected chi connectivity index (χ4v) is 3.14. The van der Waals surface area contributed by atoms with Crippen LogP contribution >= 0.6 is 0 Å². The van der Waals surface area contributed by atoms with E-state index < -0.39 is 11.7 Å². The van der Waals surface area contributed by atoms with Gasteiger partial charge in [-0.05, 0) is 45.2 Å². The molecule has 4 nitrogen and oxygen atoms in total. The maximum Gasteiger partial charge on any atom is 0.410 e. The minimum atomic E-state index is -0.601. The number of amides is 1. The number of benzene rings is 2. The molecule has 1 atom stereocenters. The van der Waals surface area contributed by atoms with Crippen molar-refractivity contribution in [2.45, 2.75) is 51.7 Å². The lowest BCUT2D eigenvalue weighted by Crippen LogP contribution is -2.43. The van der Waals surface area contributed by atoms with Crippen molar-refractivity contribution in [3.63, 3.8) is 0 Å². The quantitative estimate of drug-likeness (QED) is 0.645. The molecule has 4 heteroatoms. The summed E-state index contributed by atoms with van der Waals surface area (Å²) < 4.78 is 5.49. The smallest absolute Gasteiger partial charge is 0.410 e. The number of rotatable bonds is 7. The maximum atomic E-state index is 12.6. The summed E-state index contributed by atoms with van der Waals surface area (Å²) >= 11 is 0. The molecule has 0 aromatic heterocycles. The predicted octanol–water partition coefficient (Wildman–Crippen LogP) is 5.03. The molecule has 0 aliphatic rings. The van der Waals surface area contributed by atoms with Crippen molar-refractivity contribution in [1.82, 2.24) is 4.90 Å². The van der Waals surface area contributed by atoms with E-state index in [4.69, 9.17) is 4.74 Å². The van der Waals surface area contributed by atoms with Crippen LogP contribution in [0.5, 0.6) is 0 Å². The number of aldehydes is 1. The van der Waals surface area contributed by atoms with Crippen molar-refractivity contribution in [3.05, 3.63) is 71.8 Å². The van der Waals surface area contributed by atoms with Gasteiger partial charge in [-0.15, -0.1) is 0 Å². The van der Waals surface area contributed by atoms with Crippen LogP contribution in [0.2, 0.25) is 0 Å². The summed E-state index contributed by atoms with van der Waals surface area (Å²) in [7, 11) is 0. The first-order chi connectivity index (χ1) is 12.8. The molecule has 0 aliphatic carbocycles. The van der Waals surface area contributed by atoms with Crippen molar-refractivity contribution in [1.29, 1.82) is 0 Å². The second-order valence-electron chi connectivity index (χ2n) is 7.76. The lowest BCUT2D eigenvalue weighted by Gasteiger charge is -2.32. The predicted molar refractivity (Wildman–Crippen MR) is 108 cm³/mol. The number of hydrogen-bond acceptors (Lipinski definition) is 3. The maximum absolute atomic E-state index is 12.6. The van der Waals surface area contributed by atoms with Crippen LogP contribution in [0.25, 0.3) is 0 Å². The van der Waals surface area contributed by atoms with E-state index in [0.29, 0.717) is 6.42 Å². The minimum Gasteiger partial charge on any atom is -0.444 e. The van der Waals surface area contributed by atoms with Crippen molar-refractivity contribution < 1.29 is 14.3 Å². The number of carbonyl (C=O) groups excluding carboxylic acids is 2. The lowest BCUT2D eigenvalue weighted by atomic mass is 9.86. The highest BCUT2D eigenvalue weighted by atomic mass is 16.6. The average Bonchev–Trinajstić information content (AvgIpc) is 2.64. The molecule has 0 saturated heterocycles. The molecule has 0 aliphatic heterocycles. The highest BCUT2D eigenvalue weighted by Gasteiger charge is 2.28. The van der Waals surface area contributed by atoms with Crippen LogP contribution in [-0.4, -0.2) is 35.5 Å². The zero-order chi connectivity index (χ0) is 19.9. The van der Waals surface area contributed by atoms with E-state index >= 15 is 0 Å². The number of carbonyl (C=O) groups is 2. The Kier molecular flexibility index (Phi) is 7.17. The molecule has 0 radical (unpaired) electrons. The molecule has 0 saturated carbocycles. The standard InChI is InChI=1S/C23H29NO3/c1-18(24(15-16-25)22(26)27-23(2,3)4)17-21(19-11-7-5-8-12-19)20-13-9-6-10-14-20/h5-14,16,18,21H,15,17H2,1-4H3. The van der Waals surface area contributed by atoms with Gasteiger partial charge in [0.25, 0.3) is 0 Å². The van der Waals surface area contributed by atoms with Crippen LogP contribution in [-0.2, 0) is 9.53 Å². The van der Waals surface area contributed by atoms with E-state index in [1.54, 1.807) is 0 Å². The Labute approximate surface area is 162 Å². The molecule has 1 unspecified atom stereocenters. The molecule has 0 N–H and O–H groups in total. The highest BCUT2D eigenvalue weighted by molar-refractivity contribution is 5.72. The normalized spacial score (nSPS) is 12.5. The third-order valence-corrected chi connectivity index (χ3v) is 4.41. The van der Waals surface area contributed by atoms with Crippen molar-refractivity contribution in [2.75, 3.05) is 6.54 Å². The summed E-state index contributed by atoms with van der Waals surface area (Å²) in [6.07, 6.45) is 0.989. The van der Waals surface area contributed by atoms with Gasteiger partial charge in [0.1, 0.15) is 11.9 Å². The minimum absolute atomic E-state index is 0.0202. The SMILES string of the molecule is CC(CC(c1ccccc1)c1ccccc1)N(CC=O)C(=O)OC(C)(C)C. The molecular weight excluding hydrogens is 338 g/mol. The van der Waals surface area contributed by atoms with Gasteiger partial charge in [0.05, 0.1) is 6.54 Å². The molecule has 27 heavy (non-hydrogen) atoms. The largest absolute Gasteiger partial charge is 0.444 e. The van der Waals surface area contributed by atoms with E-state index in [2.05, 4.69) is 24.3 Å². The third kappa shape index (κ3) is 6.24. The van der Waals surface area contributed by atoms with Crippen LogP contribution in [0.4, 0.5) is 4.79 Å². The van der Waals surface area contributed by atoms with Crippen LogP contribution in [0.15, 0.2) is 60.7 Å². The van der Waals surface area contributed by atoms with Crippen LogP contribution in [0.3, 0.4) is 0 Å². The highest BCUT2D eigenvalue weighted by Crippen LogP contribution is 2.30. The Balaban J connectivity index is 2.26. The Morgan fingerprint density at radius 2 is 1.48 bits per heavy atom. The van der Waals surface area contributed by atoms with Crippen LogP contribution in [0, 0.1) is 0 Å². The summed E-state index contributed by atoms with van der Waals surface area (Å²) in [4.78, 5) is 25.3. The van der Waals surface area contributed by atoms with Crippen molar-refractivity contribution in [3.8, 4) is 0 Å². The number of hydrogen-bond donors (Lipinski definition) is 0. The topological polar surface area (TPSA) is 46.6 Å². The first-order valence-corrected chi connectivity index (χ1v) is 9.35. The molecule has 2 aromatic rings. The molecule has 0 heterocycles. The van der Waals surface area contributed by atoms with E-state index in [-0.39, 0.29) is 18.5 Å². The molecule has 1 amide bonds. The van der Waals surface area contributed by atoms with E-state index in [0.717, 1.165) is 6.29 Å². The Hall–Kier alpha value is -2.62. The van der Waals surface area contributed by atoms with Gasteiger partial charge in [-0.25, -0.2) is 4.79 Å². The number of ether oxygens (including phenoxy) is 1. The summed E-state index contributed by atoms with van der Waals surface area (Å²) in [6, 6.07) is 20.3. The first-order valence-electron chi connectivity index (χ1n) is 9.35. The van der Waals surface area contributed by atoms with Crippen molar-refractivity contribution in [2.24, 2.45) is 0 Å². The van der Waals surface area contributed by atoms with Gasteiger partial charge in [-0.3, -0.25) is 4.90 Å². The van der Waals surface area contributed by atoms with E-state index in [1.807, 2.05) is 64.1 Å². The molecule has 144 valence electrons. The van der Waals surface area contributed by atoms with Gasteiger partial charge in [-0.2, -0.15) is 0 Å². The van der Waals surface area contributed by atoms with Gasteiger partial charge >= 0.3 is 6.09 Å². The second kappa shape index (κ2) is 9.36. The third-order valence-electron chi connectivity index (χ3n) is 4.41. The molecule has 2 aromatic carbocycles. The van der Waals surface area contributed by atoms with Crippen molar-refractivity contribution >= 4 is 12.4 Å². The van der Waals surface area contributed by atoms with E-state index in [9.17, 15) is 9.59 Å². The fourth-order valence-electron chi connectivity index (χ4n) is 3.14. The molecule has 2 rings (SSSR count). The molecular formula is C23H29NO3. The number of nitrogens with zero attached hydrogens (tertiary/aromatic N) is 1. The van der Waals surface area contributed by atoms with Gasteiger partial charge in [0.15, 0.2) is 0 Å². The van der Waals surface area contributed by atoms with Crippen LogP contribution < -0.4 is 0 Å². The van der Waals surface area contributed by atoms with Gasteiger partial charge in [-0.1, -0.05) is 60.7 Å². The van der Waals surface area contributed by atoms with E-state index in [1.165, 1.54) is 16.0 Å². The zero-order valence-corrected chi connectivity index (χ0v) is 16.6. The molecule has 0 bridgehead atoms. The summed E-state index contributed by atoms with van der Waals surface area (Å²) in [5, 5.41) is 0. The van der Waals surface area contributed by atoms with Crippen LogP contribution in [0.1, 0.15) is 51.2 Å². The fraction of sp³-hybridized carbons (Fsp3) is 0.391. The zero-order valence-electron chi connectivity index (χ0n) is 16.6. The first kappa shape index (κ1) is 20.7. The van der Waals surface area contributed by atoms with Gasteiger partial charge in [0, 0.05) is 12.0 Å². The molecule has 0 fully saturated rings. The average molecular weight is 367 g/mol. The second-order valence-corrected chi connectivity index (χ2v) is 7.76. The summed E-state index contributed by atoms with van der Waals surface area (Å²) in [6.45, 7) is 7.46. The Morgan fingerprint density at radius 3 is 1.89 bits per heavy atom. The Bertz CT molecular complexity index is 683. The molecule has 0 spiro atoms. The monoisotopic (exact) mass is 367 g/mol.